The molecule has 0 saturated heterocycles. The van der Waals surface area contributed by atoms with Crippen LogP contribution in [0.2, 0.25) is 0 Å². The fourth-order valence-electron chi connectivity index (χ4n) is 1.95. The molecule has 0 amide bonds. The van der Waals surface area contributed by atoms with E-state index in [9.17, 15) is 4.79 Å². The maximum absolute atomic E-state index is 10.3. The number of hydrogen-bond donors (Lipinski definition) is 2. The van der Waals surface area contributed by atoms with Crippen molar-refractivity contribution < 1.29 is 15.0 Å². The van der Waals surface area contributed by atoms with Crippen molar-refractivity contribution in [3.63, 3.8) is 0 Å². The maximum Gasteiger partial charge on any atom is 0.303 e. The Hall–Kier alpha value is -1.61. The molecule has 0 radical (unpaired) electrons. The van der Waals surface area contributed by atoms with Gasteiger partial charge in [-0.15, -0.1) is 0 Å². The van der Waals surface area contributed by atoms with Crippen molar-refractivity contribution in [3.05, 3.63) is 48.6 Å². The highest BCUT2D eigenvalue weighted by atomic mass is 16.4. The van der Waals surface area contributed by atoms with E-state index in [0.717, 1.165) is 44.9 Å². The molecule has 0 bridgehead atoms. The maximum atomic E-state index is 10.3. The van der Waals surface area contributed by atoms with Gasteiger partial charge in [-0.25, -0.2) is 0 Å². The van der Waals surface area contributed by atoms with Crippen molar-refractivity contribution in [2.24, 2.45) is 0 Å². The van der Waals surface area contributed by atoms with E-state index in [4.69, 9.17) is 10.2 Å². The number of carboxylic acid groups (broad SMARTS) is 1. The van der Waals surface area contributed by atoms with Crippen molar-refractivity contribution in [2.45, 2.75) is 70.8 Å². The first-order valence-corrected chi connectivity index (χ1v) is 8.62. The summed E-state index contributed by atoms with van der Waals surface area (Å²) in [6.07, 6.45) is 24.5. The Balaban J connectivity index is 3.43. The molecule has 0 heterocycles. The molecule has 1 atom stereocenters. The quantitative estimate of drug-likeness (QED) is 0.342. The van der Waals surface area contributed by atoms with Crippen molar-refractivity contribution >= 4 is 5.97 Å². The molecule has 0 saturated carbocycles. The van der Waals surface area contributed by atoms with Crippen LogP contribution in [0.25, 0.3) is 0 Å². The molecule has 3 nitrogen and oxygen atoms in total. The Morgan fingerprint density at radius 3 is 1.70 bits per heavy atom. The highest BCUT2D eigenvalue weighted by molar-refractivity contribution is 5.66. The minimum absolute atomic E-state index is 0.185. The molecular weight excluding hydrogens is 288 g/mol. The number of allylic oxidation sites excluding steroid dienone is 8. The fraction of sp³-hybridized carbons (Fsp3) is 0.550. The lowest BCUT2D eigenvalue weighted by Crippen LogP contribution is -1.97. The molecule has 2 N–H and O–H groups in total. The van der Waals surface area contributed by atoms with Gasteiger partial charge in [-0.05, 0) is 58.3 Å². The molecule has 0 aromatic carbocycles. The summed E-state index contributed by atoms with van der Waals surface area (Å²) in [4.78, 5) is 10.3. The van der Waals surface area contributed by atoms with Gasteiger partial charge in [0.1, 0.15) is 0 Å². The predicted molar refractivity (Wildman–Crippen MR) is 97.4 cm³/mol. The van der Waals surface area contributed by atoms with E-state index in [1.54, 1.807) is 0 Å². The average molecular weight is 320 g/mol. The zero-order chi connectivity index (χ0) is 17.2. The third-order valence-electron chi connectivity index (χ3n) is 3.24. The van der Waals surface area contributed by atoms with Crippen LogP contribution >= 0.6 is 0 Å². The zero-order valence-corrected chi connectivity index (χ0v) is 14.4. The number of hydrogen-bond acceptors (Lipinski definition) is 2. The van der Waals surface area contributed by atoms with Gasteiger partial charge in [0, 0.05) is 6.42 Å². The summed E-state index contributed by atoms with van der Waals surface area (Å²) in [6, 6.07) is 0. The minimum atomic E-state index is -0.723. The molecule has 0 aliphatic carbocycles. The van der Waals surface area contributed by atoms with Gasteiger partial charge in [0.25, 0.3) is 0 Å². The zero-order valence-electron chi connectivity index (χ0n) is 14.4. The van der Waals surface area contributed by atoms with E-state index in [1.807, 2.05) is 13.0 Å². The third kappa shape index (κ3) is 20.4. The Labute approximate surface area is 141 Å². The van der Waals surface area contributed by atoms with Crippen LogP contribution < -0.4 is 0 Å². The normalized spacial score (nSPS) is 13.8. The lowest BCUT2D eigenvalue weighted by atomic mass is 10.1. The van der Waals surface area contributed by atoms with Gasteiger partial charge >= 0.3 is 5.97 Å². The molecule has 0 aromatic heterocycles. The minimum Gasteiger partial charge on any atom is -0.481 e. The molecule has 0 rings (SSSR count). The lowest BCUT2D eigenvalue weighted by molar-refractivity contribution is -0.137. The predicted octanol–water partition coefficient (Wildman–Crippen LogP) is 5.19. The first kappa shape index (κ1) is 21.4. The van der Waals surface area contributed by atoms with E-state index >= 15 is 0 Å². The largest absolute Gasteiger partial charge is 0.481 e. The smallest absolute Gasteiger partial charge is 0.303 e. The summed E-state index contributed by atoms with van der Waals surface area (Å²) in [5, 5.41) is 17.6. The number of rotatable bonds is 14. The Morgan fingerprint density at radius 1 is 0.826 bits per heavy atom. The Bertz CT molecular complexity index is 390. The SMILES string of the molecule is C[C@H](O)CCCC=CCC=CCC=CCC=CCCCC(=O)O. The number of carboxylic acids is 1. The molecule has 3 heteroatoms. The summed E-state index contributed by atoms with van der Waals surface area (Å²) in [5.41, 5.74) is 0. The summed E-state index contributed by atoms with van der Waals surface area (Å²) >= 11 is 0. The number of aliphatic hydroxyl groups is 1. The third-order valence-corrected chi connectivity index (χ3v) is 3.24. The van der Waals surface area contributed by atoms with E-state index in [0.29, 0.717) is 6.42 Å². The van der Waals surface area contributed by atoms with Crippen LogP contribution in [0.15, 0.2) is 48.6 Å². The van der Waals surface area contributed by atoms with E-state index in [1.165, 1.54) is 0 Å². The molecule has 0 aliphatic rings. The van der Waals surface area contributed by atoms with Crippen LogP contribution in [-0.4, -0.2) is 22.3 Å². The summed E-state index contributed by atoms with van der Waals surface area (Å²) in [6.45, 7) is 1.83. The van der Waals surface area contributed by atoms with Crippen LogP contribution in [0.3, 0.4) is 0 Å². The van der Waals surface area contributed by atoms with Gasteiger partial charge in [-0.1, -0.05) is 48.6 Å². The van der Waals surface area contributed by atoms with Crippen LogP contribution in [0.5, 0.6) is 0 Å². The van der Waals surface area contributed by atoms with Gasteiger partial charge in [0.15, 0.2) is 0 Å². The van der Waals surface area contributed by atoms with Crippen molar-refractivity contribution in [3.8, 4) is 0 Å². The van der Waals surface area contributed by atoms with E-state index < -0.39 is 5.97 Å². The molecule has 0 aliphatic heterocycles. The summed E-state index contributed by atoms with van der Waals surface area (Å²) < 4.78 is 0. The van der Waals surface area contributed by atoms with Crippen LogP contribution in [0.4, 0.5) is 0 Å². The Kier molecular flexibility index (Phi) is 15.6. The van der Waals surface area contributed by atoms with E-state index in [-0.39, 0.29) is 12.5 Å². The van der Waals surface area contributed by atoms with Crippen molar-refractivity contribution in [1.29, 1.82) is 0 Å². The molecule has 0 spiro atoms. The second-order valence-electron chi connectivity index (χ2n) is 5.66. The second kappa shape index (κ2) is 16.8. The molecule has 0 unspecified atom stereocenters. The fourth-order valence-corrected chi connectivity index (χ4v) is 1.95. The van der Waals surface area contributed by atoms with Crippen LogP contribution in [-0.2, 0) is 4.79 Å². The highest BCUT2D eigenvalue weighted by Crippen LogP contribution is 2.02. The van der Waals surface area contributed by atoms with Crippen molar-refractivity contribution in [2.75, 3.05) is 0 Å². The van der Waals surface area contributed by atoms with Crippen LogP contribution in [0.1, 0.15) is 64.7 Å². The molecular formula is C20H32O3. The van der Waals surface area contributed by atoms with Gasteiger partial charge in [-0.2, -0.15) is 0 Å². The van der Waals surface area contributed by atoms with Gasteiger partial charge < -0.3 is 10.2 Å². The van der Waals surface area contributed by atoms with Gasteiger partial charge in [-0.3, -0.25) is 4.79 Å². The number of carbonyl (C=O) groups is 1. The first-order chi connectivity index (χ1) is 11.1. The number of aliphatic hydroxyl groups excluding tert-OH is 1. The number of aliphatic carboxylic acids is 1. The first-order valence-electron chi connectivity index (χ1n) is 8.62. The number of unbranched alkanes of at least 4 members (excludes halogenated alkanes) is 2. The second-order valence-corrected chi connectivity index (χ2v) is 5.66. The molecule has 23 heavy (non-hydrogen) atoms. The van der Waals surface area contributed by atoms with Crippen molar-refractivity contribution in [1.82, 2.24) is 0 Å². The van der Waals surface area contributed by atoms with Crippen LogP contribution in [0, 0.1) is 0 Å². The highest BCUT2D eigenvalue weighted by Gasteiger charge is 1.93. The monoisotopic (exact) mass is 320 g/mol. The Morgan fingerprint density at radius 2 is 1.26 bits per heavy atom. The standard InChI is InChI=1S/C20H32O3/c1-19(21)17-15-13-11-9-7-5-3-2-4-6-8-10-12-14-16-18-20(22)23/h3-6,9-12,19,21H,2,7-8,13-18H2,1H3,(H,22,23)/t19-/m0/s1. The summed E-state index contributed by atoms with van der Waals surface area (Å²) in [7, 11) is 0. The topological polar surface area (TPSA) is 57.5 Å². The lowest BCUT2D eigenvalue weighted by Gasteiger charge is -1.99. The molecule has 130 valence electrons. The van der Waals surface area contributed by atoms with E-state index in [2.05, 4.69) is 42.5 Å². The average Bonchev–Trinajstić information content (AvgIpc) is 2.49. The molecule has 0 aromatic rings. The van der Waals surface area contributed by atoms with Gasteiger partial charge in [0.05, 0.1) is 6.10 Å². The van der Waals surface area contributed by atoms with Gasteiger partial charge in [0.2, 0.25) is 0 Å². The molecule has 0 fully saturated rings. The summed E-state index contributed by atoms with van der Waals surface area (Å²) in [5.74, 6) is -0.723.